The van der Waals surface area contributed by atoms with Crippen LogP contribution in [0.15, 0.2) is 60.0 Å². The number of ether oxygens (including phenoxy) is 1. The molecule has 1 aromatic heterocycles. The van der Waals surface area contributed by atoms with E-state index in [0.717, 1.165) is 40.8 Å². The van der Waals surface area contributed by atoms with Gasteiger partial charge in [-0.25, -0.2) is 9.78 Å². The zero-order valence-electron chi connectivity index (χ0n) is 20.8. The van der Waals surface area contributed by atoms with Gasteiger partial charge in [-0.1, -0.05) is 42.5 Å². The molecule has 2 N–H and O–H groups in total. The fourth-order valence-corrected chi connectivity index (χ4v) is 5.93. The maximum atomic E-state index is 13.1. The highest BCUT2D eigenvalue weighted by Gasteiger charge is 2.41. The molecule has 3 aliphatic rings. The molecular formula is C29H32N4O3S. The summed E-state index contributed by atoms with van der Waals surface area (Å²) in [5, 5.41) is 9.22. The topological polar surface area (TPSA) is 83.6 Å². The van der Waals surface area contributed by atoms with E-state index in [-0.39, 0.29) is 12.5 Å². The average Bonchev–Trinajstić information content (AvgIpc) is 3.85. The van der Waals surface area contributed by atoms with Crippen molar-refractivity contribution in [1.82, 2.24) is 9.88 Å². The van der Waals surface area contributed by atoms with E-state index in [4.69, 9.17) is 4.74 Å². The molecule has 2 aliphatic carbocycles. The number of nitrogens with one attached hydrogen (secondary N) is 2. The highest BCUT2D eigenvalue weighted by Crippen LogP contribution is 2.46. The minimum atomic E-state index is -0.551. The molecule has 2 aromatic carbocycles. The van der Waals surface area contributed by atoms with E-state index in [9.17, 15) is 9.59 Å². The molecule has 6 rings (SSSR count). The van der Waals surface area contributed by atoms with E-state index in [0.29, 0.717) is 24.1 Å². The predicted molar refractivity (Wildman–Crippen MR) is 145 cm³/mol. The maximum absolute atomic E-state index is 13.1. The first kappa shape index (κ1) is 24.0. The molecular weight excluding hydrogens is 484 g/mol. The molecule has 0 unspecified atom stereocenters. The second-order valence-electron chi connectivity index (χ2n) is 10.3. The molecule has 7 nitrogen and oxygen atoms in total. The molecule has 37 heavy (non-hydrogen) atoms. The Morgan fingerprint density at radius 2 is 1.81 bits per heavy atom. The Kier molecular flexibility index (Phi) is 6.83. The third kappa shape index (κ3) is 5.80. The lowest BCUT2D eigenvalue weighted by Crippen LogP contribution is -2.43. The van der Waals surface area contributed by atoms with E-state index in [1.807, 2.05) is 35.7 Å². The van der Waals surface area contributed by atoms with Crippen molar-refractivity contribution < 1.29 is 14.3 Å². The van der Waals surface area contributed by atoms with Crippen LogP contribution in [0.2, 0.25) is 0 Å². The molecule has 1 saturated heterocycles. The summed E-state index contributed by atoms with van der Waals surface area (Å²) < 4.78 is 5.47. The van der Waals surface area contributed by atoms with Crippen molar-refractivity contribution in [1.29, 1.82) is 0 Å². The Hall–Kier alpha value is -3.39. The van der Waals surface area contributed by atoms with Gasteiger partial charge in [0.15, 0.2) is 5.13 Å². The Bertz CT molecular complexity index is 1240. The summed E-state index contributed by atoms with van der Waals surface area (Å²) in [6, 6.07) is 18.0. The second kappa shape index (κ2) is 10.5. The zero-order valence-corrected chi connectivity index (χ0v) is 21.6. The van der Waals surface area contributed by atoms with Gasteiger partial charge in [-0.2, -0.15) is 0 Å². The summed E-state index contributed by atoms with van der Waals surface area (Å²) >= 11 is 1.40. The van der Waals surface area contributed by atoms with Crippen LogP contribution in [0.4, 0.5) is 15.6 Å². The van der Waals surface area contributed by atoms with Gasteiger partial charge in [0.05, 0.1) is 5.69 Å². The number of hydrogen-bond acceptors (Lipinski definition) is 6. The summed E-state index contributed by atoms with van der Waals surface area (Å²) in [6.07, 6.45) is 6.28. The Morgan fingerprint density at radius 1 is 1.03 bits per heavy atom. The summed E-state index contributed by atoms with van der Waals surface area (Å²) in [4.78, 5) is 31.9. The minimum absolute atomic E-state index is 0.191. The number of hydrogen-bond donors (Lipinski definition) is 2. The summed E-state index contributed by atoms with van der Waals surface area (Å²) in [6.45, 7) is 0.702. The van der Waals surface area contributed by atoms with Crippen molar-refractivity contribution >= 4 is 34.2 Å². The van der Waals surface area contributed by atoms with Gasteiger partial charge in [0.2, 0.25) is 5.91 Å². The first-order valence-electron chi connectivity index (χ1n) is 13.2. The molecule has 2 heterocycles. The van der Waals surface area contributed by atoms with Crippen molar-refractivity contribution in [2.45, 2.75) is 57.2 Å². The van der Waals surface area contributed by atoms with E-state index in [2.05, 4.69) is 39.9 Å². The van der Waals surface area contributed by atoms with Crippen molar-refractivity contribution in [2.75, 3.05) is 17.2 Å². The third-order valence-electron chi connectivity index (χ3n) is 7.48. The van der Waals surface area contributed by atoms with Crippen LogP contribution in [0.3, 0.4) is 0 Å². The van der Waals surface area contributed by atoms with Gasteiger partial charge in [-0.15, -0.1) is 11.3 Å². The number of anilines is 2. The molecule has 1 atom stereocenters. The zero-order chi connectivity index (χ0) is 25.2. The predicted octanol–water partition coefficient (Wildman–Crippen LogP) is 6.15. The fourth-order valence-electron chi connectivity index (χ4n) is 5.20. The molecule has 3 aromatic rings. The van der Waals surface area contributed by atoms with Gasteiger partial charge in [-0.3, -0.25) is 9.69 Å². The number of carbonyl (C=O) groups excluding carboxylic acids is 2. The van der Waals surface area contributed by atoms with Crippen LogP contribution in [0, 0.1) is 11.8 Å². The van der Waals surface area contributed by atoms with Crippen molar-refractivity contribution in [3.05, 3.63) is 65.5 Å². The monoisotopic (exact) mass is 516 g/mol. The van der Waals surface area contributed by atoms with Crippen LogP contribution in [-0.2, 0) is 16.1 Å². The van der Waals surface area contributed by atoms with E-state index in [1.54, 1.807) is 0 Å². The van der Waals surface area contributed by atoms with Crippen molar-refractivity contribution in [3.63, 3.8) is 0 Å². The minimum Gasteiger partial charge on any atom is -0.445 e. The maximum Gasteiger partial charge on any atom is 0.410 e. The van der Waals surface area contributed by atoms with Crippen molar-refractivity contribution in [2.24, 2.45) is 11.8 Å². The third-order valence-corrected chi connectivity index (χ3v) is 8.24. The van der Waals surface area contributed by atoms with Gasteiger partial charge in [0, 0.05) is 29.2 Å². The van der Waals surface area contributed by atoms with Gasteiger partial charge in [0.1, 0.15) is 12.6 Å². The largest absolute Gasteiger partial charge is 0.445 e. The number of likely N-dealkylation sites (tertiary alicyclic amines) is 1. The SMILES string of the molecule is O=C(Nc1nc(-c2cccc(NC(C3CC3)C3CC3)c2)cs1)[C@@H]1CCCN1C(=O)OCc1ccccc1. The van der Waals surface area contributed by atoms with Crippen LogP contribution in [0.1, 0.15) is 44.1 Å². The number of benzene rings is 2. The highest BCUT2D eigenvalue weighted by molar-refractivity contribution is 7.14. The number of aromatic nitrogens is 1. The van der Waals surface area contributed by atoms with Crippen LogP contribution in [-0.4, -0.2) is 40.5 Å². The standard InChI is InChI=1S/C29H32N4O3S/c34-27(25-10-5-15-33(25)29(35)36-17-19-6-2-1-3-7-19)32-28-31-24(18-37-28)22-8-4-9-23(16-22)30-26(20-11-12-20)21-13-14-21/h1-4,6-9,16,18,20-21,25-26,30H,5,10-15,17H2,(H,31,32,34)/t25-/m0/s1. The van der Waals surface area contributed by atoms with Gasteiger partial charge in [0.25, 0.3) is 0 Å². The highest BCUT2D eigenvalue weighted by atomic mass is 32.1. The lowest BCUT2D eigenvalue weighted by atomic mass is 10.1. The molecule has 2 saturated carbocycles. The van der Waals surface area contributed by atoms with E-state index >= 15 is 0 Å². The first-order valence-corrected chi connectivity index (χ1v) is 14.1. The molecule has 2 amide bonds. The number of amides is 2. The van der Waals surface area contributed by atoms with Crippen LogP contribution >= 0.6 is 11.3 Å². The summed E-state index contributed by atoms with van der Waals surface area (Å²) in [5.74, 6) is 1.42. The fraction of sp³-hybridized carbons (Fsp3) is 0.414. The molecule has 1 aliphatic heterocycles. The van der Waals surface area contributed by atoms with Crippen molar-refractivity contribution in [3.8, 4) is 11.3 Å². The molecule has 8 heteroatoms. The Balaban J connectivity index is 1.07. The van der Waals surface area contributed by atoms with Gasteiger partial charge in [-0.05, 0) is 68.1 Å². The summed E-state index contributed by atoms with van der Waals surface area (Å²) in [7, 11) is 0. The van der Waals surface area contributed by atoms with E-state index in [1.165, 1.54) is 41.9 Å². The molecule has 0 radical (unpaired) electrons. The van der Waals surface area contributed by atoms with Gasteiger partial charge >= 0.3 is 6.09 Å². The molecule has 0 spiro atoms. The van der Waals surface area contributed by atoms with Crippen LogP contribution in [0.5, 0.6) is 0 Å². The second-order valence-corrected chi connectivity index (χ2v) is 11.2. The van der Waals surface area contributed by atoms with Crippen LogP contribution < -0.4 is 10.6 Å². The van der Waals surface area contributed by atoms with Gasteiger partial charge < -0.3 is 15.4 Å². The van der Waals surface area contributed by atoms with E-state index < -0.39 is 12.1 Å². The number of thiazole rings is 1. The summed E-state index contributed by atoms with van der Waals surface area (Å²) in [5.41, 5.74) is 3.92. The first-order chi connectivity index (χ1) is 18.1. The van der Waals surface area contributed by atoms with Crippen LogP contribution in [0.25, 0.3) is 11.3 Å². The number of carbonyl (C=O) groups is 2. The number of rotatable bonds is 9. The average molecular weight is 517 g/mol. The normalized spacial score (nSPS) is 19.2. The molecule has 0 bridgehead atoms. The smallest absolute Gasteiger partial charge is 0.410 e. The quantitative estimate of drug-likeness (QED) is 0.356. The lowest BCUT2D eigenvalue weighted by Gasteiger charge is -2.22. The Labute approximate surface area is 221 Å². The lowest BCUT2D eigenvalue weighted by molar-refractivity contribution is -0.120. The molecule has 192 valence electrons. The molecule has 3 fully saturated rings. The number of nitrogens with zero attached hydrogens (tertiary/aromatic N) is 2. The Morgan fingerprint density at radius 3 is 2.57 bits per heavy atom.